The van der Waals surface area contributed by atoms with Gasteiger partial charge in [0.05, 0.1) is 18.3 Å². The zero-order chi connectivity index (χ0) is 12.8. The van der Waals surface area contributed by atoms with Crippen LogP contribution in [-0.4, -0.2) is 37.4 Å². The summed E-state index contributed by atoms with van der Waals surface area (Å²) in [4.78, 5) is 26.3. The average Bonchev–Trinajstić information content (AvgIpc) is 2.35. The van der Waals surface area contributed by atoms with Crippen molar-refractivity contribution >= 4 is 17.6 Å². The normalized spacial score (nSPS) is 9.59. The molecule has 0 aliphatic heterocycles. The van der Waals surface area contributed by atoms with Gasteiger partial charge in [0.15, 0.2) is 0 Å². The highest BCUT2D eigenvalue weighted by atomic mass is 19.1. The lowest BCUT2D eigenvalue weighted by atomic mass is 10.2. The smallest absolute Gasteiger partial charge is 0.255 e. The van der Waals surface area contributed by atoms with E-state index in [-0.39, 0.29) is 23.8 Å². The van der Waals surface area contributed by atoms with E-state index in [1.165, 1.54) is 7.05 Å². The van der Waals surface area contributed by atoms with Crippen LogP contribution in [-0.2, 0) is 4.79 Å². The highest BCUT2D eigenvalue weighted by Gasteiger charge is 2.13. The van der Waals surface area contributed by atoms with Gasteiger partial charge < -0.3 is 16.0 Å². The number of pyridine rings is 1. The number of rotatable bonds is 4. The fourth-order valence-electron chi connectivity index (χ4n) is 1.16. The van der Waals surface area contributed by atoms with Crippen LogP contribution in [0.5, 0.6) is 0 Å². The molecule has 0 spiro atoms. The Balaban J connectivity index is 2.80. The number of halogens is 1. The molecule has 1 rings (SSSR count). The summed E-state index contributed by atoms with van der Waals surface area (Å²) in [7, 11) is 3.02. The van der Waals surface area contributed by atoms with Gasteiger partial charge in [0.25, 0.3) is 5.91 Å². The summed E-state index contributed by atoms with van der Waals surface area (Å²) < 4.78 is 13.0. The van der Waals surface area contributed by atoms with Gasteiger partial charge in [-0.15, -0.1) is 0 Å². The number of aromatic nitrogens is 1. The summed E-state index contributed by atoms with van der Waals surface area (Å²) in [5, 5.41) is 7.37. The van der Waals surface area contributed by atoms with E-state index >= 15 is 0 Å². The van der Waals surface area contributed by atoms with E-state index in [4.69, 9.17) is 0 Å². The lowest BCUT2D eigenvalue weighted by Crippen LogP contribution is -2.35. The van der Waals surface area contributed by atoms with Crippen molar-refractivity contribution in [2.75, 3.05) is 26.0 Å². The van der Waals surface area contributed by atoms with Crippen molar-refractivity contribution in [2.24, 2.45) is 0 Å². The number of anilines is 1. The van der Waals surface area contributed by atoms with Crippen LogP contribution in [0.15, 0.2) is 12.3 Å². The SMILES string of the molecule is CNC(=O)CNC(=O)c1cc(F)cnc1NC. The molecule has 3 N–H and O–H groups in total. The molecular formula is C10H13FN4O2. The molecule has 1 heterocycles. The molecular weight excluding hydrogens is 227 g/mol. The van der Waals surface area contributed by atoms with Gasteiger partial charge in [-0.25, -0.2) is 9.37 Å². The molecule has 0 radical (unpaired) electrons. The summed E-state index contributed by atoms with van der Waals surface area (Å²) in [5.41, 5.74) is 0.0522. The van der Waals surface area contributed by atoms with E-state index in [1.807, 2.05) is 0 Å². The van der Waals surface area contributed by atoms with Gasteiger partial charge in [-0.1, -0.05) is 0 Å². The molecule has 7 heteroatoms. The van der Waals surface area contributed by atoms with Crippen molar-refractivity contribution in [1.82, 2.24) is 15.6 Å². The Kier molecular flexibility index (Phi) is 4.38. The van der Waals surface area contributed by atoms with Gasteiger partial charge in [0, 0.05) is 14.1 Å². The third-order valence-corrected chi connectivity index (χ3v) is 2.02. The number of nitrogens with one attached hydrogen (secondary N) is 3. The fourth-order valence-corrected chi connectivity index (χ4v) is 1.16. The number of hydrogen-bond acceptors (Lipinski definition) is 4. The van der Waals surface area contributed by atoms with E-state index < -0.39 is 11.7 Å². The van der Waals surface area contributed by atoms with Crippen molar-refractivity contribution in [2.45, 2.75) is 0 Å². The van der Waals surface area contributed by atoms with E-state index in [0.29, 0.717) is 0 Å². The molecule has 0 aliphatic carbocycles. The quantitative estimate of drug-likeness (QED) is 0.677. The van der Waals surface area contributed by atoms with Crippen LogP contribution in [0, 0.1) is 5.82 Å². The van der Waals surface area contributed by atoms with Crippen LogP contribution >= 0.6 is 0 Å². The van der Waals surface area contributed by atoms with Gasteiger partial charge in [-0.3, -0.25) is 9.59 Å². The minimum atomic E-state index is -0.617. The molecule has 6 nitrogen and oxygen atoms in total. The molecule has 0 saturated carbocycles. The number of amides is 2. The molecule has 92 valence electrons. The van der Waals surface area contributed by atoms with E-state index in [1.54, 1.807) is 7.05 Å². The average molecular weight is 240 g/mol. The Bertz CT molecular complexity index is 436. The molecule has 2 amide bonds. The topological polar surface area (TPSA) is 83.1 Å². The third kappa shape index (κ3) is 3.40. The Labute approximate surface area is 97.6 Å². The summed E-state index contributed by atoms with van der Waals surface area (Å²) in [5.74, 6) is -1.27. The summed E-state index contributed by atoms with van der Waals surface area (Å²) in [6.07, 6.45) is 1.00. The molecule has 0 atom stereocenters. The first-order valence-corrected chi connectivity index (χ1v) is 4.90. The van der Waals surface area contributed by atoms with Crippen LogP contribution < -0.4 is 16.0 Å². The maximum absolute atomic E-state index is 13.0. The highest BCUT2D eigenvalue weighted by molar-refractivity contribution is 6.00. The van der Waals surface area contributed by atoms with Crippen LogP contribution in [0.2, 0.25) is 0 Å². The maximum Gasteiger partial charge on any atom is 0.255 e. The Hall–Kier alpha value is -2.18. The Morgan fingerprint density at radius 2 is 2.12 bits per heavy atom. The second-order valence-corrected chi connectivity index (χ2v) is 3.16. The van der Waals surface area contributed by atoms with E-state index in [0.717, 1.165) is 12.3 Å². The molecule has 0 aromatic carbocycles. The van der Waals surface area contributed by atoms with Crippen LogP contribution in [0.1, 0.15) is 10.4 Å². The lowest BCUT2D eigenvalue weighted by Gasteiger charge is -2.08. The minimum absolute atomic E-state index is 0.0522. The van der Waals surface area contributed by atoms with Gasteiger partial charge in [-0.2, -0.15) is 0 Å². The zero-order valence-corrected chi connectivity index (χ0v) is 9.50. The van der Waals surface area contributed by atoms with Gasteiger partial charge in [0.2, 0.25) is 5.91 Å². The van der Waals surface area contributed by atoms with Crippen molar-refractivity contribution in [1.29, 1.82) is 0 Å². The van der Waals surface area contributed by atoms with Crippen LogP contribution in [0.3, 0.4) is 0 Å². The lowest BCUT2D eigenvalue weighted by molar-refractivity contribution is -0.119. The molecule has 0 saturated heterocycles. The number of carbonyl (C=O) groups excluding carboxylic acids is 2. The summed E-state index contributed by atoms with van der Waals surface area (Å²) in [6.45, 7) is -0.172. The summed E-state index contributed by atoms with van der Waals surface area (Å²) >= 11 is 0. The Morgan fingerprint density at radius 3 is 2.71 bits per heavy atom. The Morgan fingerprint density at radius 1 is 1.41 bits per heavy atom. The first kappa shape index (κ1) is 12.9. The molecule has 0 unspecified atom stereocenters. The molecule has 0 bridgehead atoms. The number of nitrogens with zero attached hydrogens (tertiary/aromatic N) is 1. The van der Waals surface area contributed by atoms with Gasteiger partial charge in [-0.05, 0) is 6.07 Å². The molecule has 0 aliphatic rings. The minimum Gasteiger partial charge on any atom is -0.372 e. The predicted molar refractivity (Wildman–Crippen MR) is 60.1 cm³/mol. The maximum atomic E-state index is 13.0. The highest BCUT2D eigenvalue weighted by Crippen LogP contribution is 2.12. The third-order valence-electron chi connectivity index (χ3n) is 2.02. The molecule has 17 heavy (non-hydrogen) atoms. The number of likely N-dealkylation sites (N-methyl/N-ethyl adjacent to an activating group) is 1. The van der Waals surface area contributed by atoms with Crippen molar-refractivity contribution < 1.29 is 14.0 Å². The standard InChI is InChI=1S/C10H13FN4O2/c1-12-8(16)5-15-10(17)7-3-6(11)4-14-9(7)13-2/h3-4H,5H2,1-2H3,(H,12,16)(H,13,14)(H,15,17). The van der Waals surface area contributed by atoms with Gasteiger partial charge in [0.1, 0.15) is 11.6 Å². The fraction of sp³-hybridized carbons (Fsp3) is 0.300. The monoisotopic (exact) mass is 240 g/mol. The van der Waals surface area contributed by atoms with E-state index in [2.05, 4.69) is 20.9 Å². The van der Waals surface area contributed by atoms with Crippen molar-refractivity contribution in [3.63, 3.8) is 0 Å². The zero-order valence-electron chi connectivity index (χ0n) is 9.50. The van der Waals surface area contributed by atoms with Crippen molar-refractivity contribution in [3.05, 3.63) is 23.6 Å². The second-order valence-electron chi connectivity index (χ2n) is 3.16. The second kappa shape index (κ2) is 5.78. The molecule has 0 fully saturated rings. The first-order valence-electron chi connectivity index (χ1n) is 4.90. The summed E-state index contributed by atoms with van der Waals surface area (Å²) in [6, 6.07) is 1.05. The van der Waals surface area contributed by atoms with Gasteiger partial charge >= 0.3 is 0 Å². The molecule has 1 aromatic rings. The van der Waals surface area contributed by atoms with Crippen LogP contribution in [0.25, 0.3) is 0 Å². The van der Waals surface area contributed by atoms with E-state index in [9.17, 15) is 14.0 Å². The number of carbonyl (C=O) groups is 2. The molecule has 1 aromatic heterocycles. The first-order chi connectivity index (χ1) is 8.08. The predicted octanol–water partition coefficient (Wildman–Crippen LogP) is -0.262. The largest absolute Gasteiger partial charge is 0.372 e. The number of hydrogen-bond donors (Lipinski definition) is 3. The van der Waals surface area contributed by atoms with Crippen LogP contribution in [0.4, 0.5) is 10.2 Å². The van der Waals surface area contributed by atoms with Crippen molar-refractivity contribution in [3.8, 4) is 0 Å².